The van der Waals surface area contributed by atoms with E-state index >= 15 is 0 Å². The Hall–Kier alpha value is -1.65. The molecule has 164 valence electrons. The SMILES string of the molecule is CCS(=O)(=O)C(Br)C(=O)NC1C(=O)N2C(C(=O)O)=C(CSc3nnnn3C)CS[C@@H]12. The number of rotatable bonds is 8. The number of thioether (sulfide) groups is 2. The van der Waals surface area contributed by atoms with Gasteiger partial charge in [0.2, 0.25) is 11.1 Å². The molecule has 0 bridgehead atoms. The fraction of sp³-hybridized carbons (Fsp3) is 0.571. The van der Waals surface area contributed by atoms with Gasteiger partial charge in [-0.05, 0) is 16.0 Å². The Morgan fingerprint density at radius 3 is 2.73 bits per heavy atom. The molecule has 0 spiro atoms. The van der Waals surface area contributed by atoms with Crippen molar-refractivity contribution in [3.63, 3.8) is 0 Å². The number of carboxylic acids is 1. The fourth-order valence-electron chi connectivity index (χ4n) is 2.82. The summed E-state index contributed by atoms with van der Waals surface area (Å²) in [5.74, 6) is -2.35. The summed E-state index contributed by atoms with van der Waals surface area (Å²) >= 11 is 5.39. The summed E-state index contributed by atoms with van der Waals surface area (Å²) in [5, 5.41) is 23.0. The highest BCUT2D eigenvalue weighted by Gasteiger charge is 2.54. The largest absolute Gasteiger partial charge is 0.477 e. The van der Waals surface area contributed by atoms with Gasteiger partial charge in [-0.3, -0.25) is 14.5 Å². The zero-order chi connectivity index (χ0) is 22.2. The van der Waals surface area contributed by atoms with Crippen LogP contribution in [0.2, 0.25) is 0 Å². The lowest BCUT2D eigenvalue weighted by Crippen LogP contribution is -2.71. The van der Waals surface area contributed by atoms with Gasteiger partial charge in [0, 0.05) is 24.3 Å². The third kappa shape index (κ3) is 4.22. The van der Waals surface area contributed by atoms with Crippen LogP contribution in [0.4, 0.5) is 0 Å². The number of sulfone groups is 1. The summed E-state index contributed by atoms with van der Waals surface area (Å²) in [5.41, 5.74) is 0.398. The highest BCUT2D eigenvalue weighted by molar-refractivity contribution is 9.11. The third-order valence-corrected chi connectivity index (χ3v) is 10.6. The normalized spacial score (nSPS) is 22.4. The Labute approximate surface area is 188 Å². The van der Waals surface area contributed by atoms with Gasteiger partial charge in [0.25, 0.3) is 5.91 Å². The van der Waals surface area contributed by atoms with Crippen molar-refractivity contribution in [2.24, 2.45) is 7.05 Å². The minimum atomic E-state index is -3.69. The summed E-state index contributed by atoms with van der Waals surface area (Å²) < 4.78 is 23.7. The summed E-state index contributed by atoms with van der Waals surface area (Å²) in [4.78, 5) is 37.8. The van der Waals surface area contributed by atoms with Gasteiger partial charge < -0.3 is 10.4 Å². The molecule has 2 unspecified atom stereocenters. The lowest BCUT2D eigenvalue weighted by atomic mass is 10.0. The monoisotopic (exact) mass is 540 g/mol. The molecule has 0 saturated carbocycles. The number of aliphatic carboxylic acids is 1. The Morgan fingerprint density at radius 1 is 1.47 bits per heavy atom. The van der Waals surface area contributed by atoms with E-state index < -0.39 is 43.2 Å². The summed E-state index contributed by atoms with van der Waals surface area (Å²) in [6.45, 7) is 1.41. The van der Waals surface area contributed by atoms with Gasteiger partial charge in [-0.2, -0.15) is 0 Å². The lowest BCUT2D eigenvalue weighted by molar-refractivity contribution is -0.150. The second-order valence-corrected chi connectivity index (χ2v) is 12.2. The van der Waals surface area contributed by atoms with Crippen molar-refractivity contribution in [3.05, 3.63) is 11.3 Å². The van der Waals surface area contributed by atoms with Crippen molar-refractivity contribution in [1.82, 2.24) is 30.4 Å². The van der Waals surface area contributed by atoms with E-state index in [9.17, 15) is 27.9 Å². The smallest absolute Gasteiger partial charge is 0.352 e. The predicted molar refractivity (Wildman–Crippen MR) is 111 cm³/mol. The number of carboxylic acid groups (broad SMARTS) is 1. The second-order valence-electron chi connectivity index (χ2n) is 6.29. The van der Waals surface area contributed by atoms with Crippen LogP contribution >= 0.6 is 39.5 Å². The van der Waals surface area contributed by atoms with E-state index in [1.165, 1.54) is 35.1 Å². The number of tetrazole rings is 1. The fourth-order valence-corrected chi connectivity index (χ4v) is 6.76. The molecule has 30 heavy (non-hydrogen) atoms. The molecule has 1 aromatic rings. The summed E-state index contributed by atoms with van der Waals surface area (Å²) in [6, 6.07) is -0.999. The average Bonchev–Trinajstić information content (AvgIpc) is 3.13. The first-order chi connectivity index (χ1) is 14.1. The van der Waals surface area contributed by atoms with Crippen molar-refractivity contribution < 1.29 is 27.9 Å². The number of halogens is 1. The molecular weight excluding hydrogens is 524 g/mol. The standard InChI is InChI=1S/C14H17BrN6O6S3/c1-3-30(26,27)9(15)10(22)16-7-11(23)21-8(13(24)25)6(4-28-12(7)21)5-29-14-17-18-19-20(14)2/h7,9,12H,3-5H2,1-2H3,(H,16,22)(H,24,25)/t7?,9?,12-/m0/s1. The minimum Gasteiger partial charge on any atom is -0.477 e. The zero-order valence-electron chi connectivity index (χ0n) is 15.7. The van der Waals surface area contributed by atoms with Gasteiger partial charge in [0.15, 0.2) is 14.0 Å². The maximum atomic E-state index is 12.6. The van der Waals surface area contributed by atoms with Gasteiger partial charge in [0.05, 0.1) is 0 Å². The molecule has 16 heteroatoms. The van der Waals surface area contributed by atoms with Gasteiger partial charge >= 0.3 is 5.97 Å². The molecule has 2 N–H and O–H groups in total. The molecular formula is C14H17BrN6O6S3. The van der Waals surface area contributed by atoms with Crippen molar-refractivity contribution in [2.75, 3.05) is 17.3 Å². The molecule has 2 aliphatic rings. The number of alkyl halides is 1. The zero-order valence-corrected chi connectivity index (χ0v) is 19.7. The Balaban J connectivity index is 1.74. The van der Waals surface area contributed by atoms with Crippen LogP contribution in [0.5, 0.6) is 0 Å². The number of carbonyl (C=O) groups is 3. The van der Waals surface area contributed by atoms with Crippen molar-refractivity contribution in [2.45, 2.75) is 27.7 Å². The number of hydrogen-bond donors (Lipinski definition) is 2. The topological polar surface area (TPSA) is 164 Å². The number of fused-ring (bicyclic) bond motifs is 1. The molecule has 3 atom stereocenters. The van der Waals surface area contributed by atoms with Crippen LogP contribution in [-0.4, -0.2) is 89.2 Å². The van der Waals surface area contributed by atoms with Crippen molar-refractivity contribution in [3.8, 4) is 0 Å². The first-order valence-corrected chi connectivity index (χ1v) is 13.2. The van der Waals surface area contributed by atoms with Crippen LogP contribution in [0.1, 0.15) is 6.92 Å². The molecule has 0 aromatic carbocycles. The van der Waals surface area contributed by atoms with Crippen LogP contribution in [0.15, 0.2) is 16.4 Å². The van der Waals surface area contributed by atoms with Crippen LogP contribution in [0.3, 0.4) is 0 Å². The van der Waals surface area contributed by atoms with Crippen LogP contribution in [0.25, 0.3) is 0 Å². The molecule has 3 rings (SSSR count). The number of aromatic nitrogens is 4. The first kappa shape index (κ1) is 23.0. The minimum absolute atomic E-state index is 0.131. The Bertz CT molecular complexity index is 1030. The Morgan fingerprint density at radius 2 is 2.17 bits per heavy atom. The van der Waals surface area contributed by atoms with E-state index in [2.05, 4.69) is 36.8 Å². The van der Waals surface area contributed by atoms with Crippen molar-refractivity contribution >= 4 is 67.1 Å². The van der Waals surface area contributed by atoms with Gasteiger partial charge in [-0.15, -0.1) is 16.9 Å². The molecule has 0 radical (unpaired) electrons. The van der Waals surface area contributed by atoms with E-state index in [1.54, 1.807) is 7.05 Å². The van der Waals surface area contributed by atoms with E-state index in [0.717, 1.165) is 4.90 Å². The second kappa shape index (κ2) is 8.84. The number of β-lactam (4-membered cyclic amide) rings is 1. The molecule has 2 amide bonds. The number of amides is 2. The Kier molecular flexibility index (Phi) is 6.78. The highest BCUT2D eigenvalue weighted by atomic mass is 79.9. The number of nitrogens with one attached hydrogen (secondary N) is 1. The third-order valence-electron chi connectivity index (χ3n) is 4.43. The van der Waals surface area contributed by atoms with E-state index in [-0.39, 0.29) is 17.2 Å². The maximum absolute atomic E-state index is 12.6. The molecule has 1 aromatic heterocycles. The number of carbonyl (C=O) groups excluding carboxylic acids is 2. The van der Waals surface area contributed by atoms with Gasteiger partial charge in [0.1, 0.15) is 17.1 Å². The highest BCUT2D eigenvalue weighted by Crippen LogP contribution is 2.41. The molecule has 2 aliphatic heterocycles. The van der Waals surface area contributed by atoms with Crippen LogP contribution in [0, 0.1) is 0 Å². The van der Waals surface area contributed by atoms with Crippen LogP contribution < -0.4 is 5.32 Å². The van der Waals surface area contributed by atoms with Gasteiger partial charge in [-0.1, -0.05) is 34.6 Å². The van der Waals surface area contributed by atoms with Crippen LogP contribution in [-0.2, 0) is 31.3 Å². The van der Waals surface area contributed by atoms with Gasteiger partial charge in [-0.25, -0.2) is 17.9 Å². The first-order valence-electron chi connectivity index (χ1n) is 8.49. The number of aryl methyl sites for hydroxylation is 1. The molecule has 0 aliphatic carbocycles. The summed E-state index contributed by atoms with van der Waals surface area (Å²) in [6.07, 6.45) is 0. The predicted octanol–water partition coefficient (Wildman–Crippen LogP) is -0.803. The van der Waals surface area contributed by atoms with E-state index in [0.29, 0.717) is 16.5 Å². The quantitative estimate of drug-likeness (QED) is 0.240. The van der Waals surface area contributed by atoms with Crippen molar-refractivity contribution in [1.29, 1.82) is 0 Å². The number of hydrogen-bond acceptors (Lipinski definition) is 10. The lowest BCUT2D eigenvalue weighted by Gasteiger charge is -2.49. The molecule has 1 fully saturated rings. The molecule has 3 heterocycles. The number of nitrogens with zero attached hydrogens (tertiary/aromatic N) is 5. The molecule has 1 saturated heterocycles. The molecule has 12 nitrogen and oxygen atoms in total. The average molecular weight is 541 g/mol. The van der Waals surface area contributed by atoms with E-state index in [4.69, 9.17) is 0 Å². The maximum Gasteiger partial charge on any atom is 0.352 e. The summed E-state index contributed by atoms with van der Waals surface area (Å²) in [7, 11) is -2.04. The van der Waals surface area contributed by atoms with E-state index in [1.807, 2.05) is 0 Å².